The van der Waals surface area contributed by atoms with Gasteiger partial charge in [0.2, 0.25) is 0 Å². The Labute approximate surface area is 114 Å². The molecule has 2 heteroatoms. The summed E-state index contributed by atoms with van der Waals surface area (Å²) < 4.78 is 0. The number of aromatic nitrogens is 2. The van der Waals surface area contributed by atoms with Gasteiger partial charge in [0.25, 0.3) is 0 Å². The first kappa shape index (κ1) is 13.2. The third-order valence-corrected chi connectivity index (χ3v) is 2.74. The summed E-state index contributed by atoms with van der Waals surface area (Å²) in [6.45, 7) is 6.11. The molecule has 0 amide bonds. The summed E-state index contributed by atoms with van der Waals surface area (Å²) in [5.41, 5.74) is 4.56. The van der Waals surface area contributed by atoms with Crippen LogP contribution in [-0.2, 0) is 0 Å². The Balaban J connectivity index is 0.000000141. The Morgan fingerprint density at radius 3 is 2.05 bits per heavy atom. The topological polar surface area (TPSA) is 25.8 Å². The molecule has 0 saturated heterocycles. The average Bonchev–Trinajstić information content (AvgIpc) is 2.38. The fraction of sp³-hybridized carbons (Fsp3) is 0.176. The molecule has 0 N–H and O–H groups in total. The summed E-state index contributed by atoms with van der Waals surface area (Å²) in [6.07, 6.45) is 1.81. The minimum Gasteiger partial charge on any atom is -0.258 e. The van der Waals surface area contributed by atoms with Crippen LogP contribution in [0.4, 0.5) is 0 Å². The van der Waals surface area contributed by atoms with Gasteiger partial charge in [0.05, 0.1) is 5.52 Å². The third-order valence-electron chi connectivity index (χ3n) is 2.74. The minimum atomic E-state index is 1.06. The first-order chi connectivity index (χ1) is 9.15. The monoisotopic (exact) mass is 250 g/mol. The molecule has 0 spiro atoms. The summed E-state index contributed by atoms with van der Waals surface area (Å²) in [6, 6.07) is 16.2. The van der Waals surface area contributed by atoms with Crippen LogP contribution in [0.25, 0.3) is 10.9 Å². The lowest BCUT2D eigenvalue weighted by Crippen LogP contribution is -1.85. The number of fused-ring (bicyclic) bond motifs is 1. The van der Waals surface area contributed by atoms with Crippen molar-refractivity contribution in [3.63, 3.8) is 0 Å². The lowest BCUT2D eigenvalue weighted by molar-refractivity contribution is 1.10. The Hall–Kier alpha value is -2.22. The third kappa shape index (κ3) is 3.88. The van der Waals surface area contributed by atoms with Crippen molar-refractivity contribution in [3.8, 4) is 0 Å². The van der Waals surface area contributed by atoms with Crippen LogP contribution in [0.5, 0.6) is 0 Å². The Morgan fingerprint density at radius 1 is 0.789 bits per heavy atom. The average molecular weight is 250 g/mol. The maximum atomic E-state index is 4.23. The van der Waals surface area contributed by atoms with Crippen LogP contribution in [0.15, 0.2) is 54.7 Å². The molecule has 2 aromatic heterocycles. The van der Waals surface area contributed by atoms with E-state index in [1.54, 1.807) is 0 Å². The van der Waals surface area contributed by atoms with E-state index in [1.807, 2.05) is 44.3 Å². The highest BCUT2D eigenvalue weighted by Crippen LogP contribution is 2.07. The molecule has 19 heavy (non-hydrogen) atoms. The summed E-state index contributed by atoms with van der Waals surface area (Å²) in [5, 5.41) is 1.20. The quantitative estimate of drug-likeness (QED) is 0.596. The van der Waals surface area contributed by atoms with Gasteiger partial charge in [-0.05, 0) is 50.6 Å². The number of benzene rings is 1. The first-order valence-corrected chi connectivity index (χ1v) is 6.37. The van der Waals surface area contributed by atoms with E-state index in [4.69, 9.17) is 0 Å². The predicted octanol–water partition coefficient (Wildman–Crippen LogP) is 4.24. The van der Waals surface area contributed by atoms with Crippen molar-refractivity contribution >= 4 is 10.9 Å². The van der Waals surface area contributed by atoms with E-state index >= 15 is 0 Å². The molecule has 0 atom stereocenters. The molecule has 0 aliphatic rings. The molecule has 1 aromatic carbocycles. The zero-order chi connectivity index (χ0) is 13.7. The molecule has 0 fully saturated rings. The number of rotatable bonds is 0. The van der Waals surface area contributed by atoms with Crippen LogP contribution < -0.4 is 0 Å². The summed E-state index contributed by atoms with van der Waals surface area (Å²) >= 11 is 0. The molecule has 96 valence electrons. The molecule has 0 unspecified atom stereocenters. The van der Waals surface area contributed by atoms with E-state index < -0.39 is 0 Å². The summed E-state index contributed by atoms with van der Waals surface area (Å²) in [7, 11) is 0. The number of hydrogen-bond acceptors (Lipinski definition) is 2. The van der Waals surface area contributed by atoms with Gasteiger partial charge in [0, 0.05) is 23.0 Å². The highest BCUT2D eigenvalue weighted by molar-refractivity contribution is 5.77. The van der Waals surface area contributed by atoms with Crippen molar-refractivity contribution in [2.24, 2.45) is 0 Å². The predicted molar refractivity (Wildman–Crippen MR) is 80.2 cm³/mol. The molecule has 0 aliphatic carbocycles. The van der Waals surface area contributed by atoms with E-state index in [2.05, 4.69) is 41.2 Å². The molecule has 0 aliphatic heterocycles. The van der Waals surface area contributed by atoms with E-state index in [0.29, 0.717) is 0 Å². The Kier molecular flexibility index (Phi) is 4.24. The Bertz CT molecular complexity index is 559. The van der Waals surface area contributed by atoms with E-state index in [-0.39, 0.29) is 0 Å². The van der Waals surface area contributed by atoms with Crippen LogP contribution in [-0.4, -0.2) is 9.97 Å². The smallest absolute Gasteiger partial charge is 0.0701 e. The fourth-order valence-corrected chi connectivity index (χ4v) is 2.06. The second-order valence-electron chi connectivity index (χ2n) is 4.62. The second-order valence-corrected chi connectivity index (χ2v) is 4.62. The molecule has 3 aromatic rings. The van der Waals surface area contributed by atoms with Gasteiger partial charge >= 0.3 is 0 Å². The standard InChI is InChI=1S/C9H7N.C8H11N/c1-2-6-9-8(4-1)5-3-7-10-9;1-6-4-7(2)9-8(3)5-6/h1-7H;4-5H,1-3H3. The van der Waals surface area contributed by atoms with Gasteiger partial charge in [0.15, 0.2) is 0 Å². The van der Waals surface area contributed by atoms with Gasteiger partial charge in [-0.3, -0.25) is 9.97 Å². The van der Waals surface area contributed by atoms with E-state index in [1.165, 1.54) is 10.9 Å². The second kappa shape index (κ2) is 6.10. The number of para-hydroxylation sites is 1. The van der Waals surface area contributed by atoms with Gasteiger partial charge in [-0.2, -0.15) is 0 Å². The van der Waals surface area contributed by atoms with Gasteiger partial charge in [-0.25, -0.2) is 0 Å². The molecule has 0 bridgehead atoms. The van der Waals surface area contributed by atoms with Gasteiger partial charge < -0.3 is 0 Å². The van der Waals surface area contributed by atoms with Crippen molar-refractivity contribution in [3.05, 3.63) is 71.7 Å². The molecule has 2 heterocycles. The van der Waals surface area contributed by atoms with Crippen LogP contribution in [0.2, 0.25) is 0 Å². The lowest BCUT2D eigenvalue weighted by Gasteiger charge is -1.96. The van der Waals surface area contributed by atoms with Crippen LogP contribution in [0.1, 0.15) is 17.0 Å². The lowest BCUT2D eigenvalue weighted by atomic mass is 10.2. The van der Waals surface area contributed by atoms with Crippen LogP contribution in [0, 0.1) is 20.8 Å². The number of hydrogen-bond donors (Lipinski definition) is 0. The van der Waals surface area contributed by atoms with Crippen molar-refractivity contribution in [1.82, 2.24) is 9.97 Å². The number of pyridine rings is 2. The maximum absolute atomic E-state index is 4.23. The minimum absolute atomic E-state index is 1.06. The zero-order valence-corrected chi connectivity index (χ0v) is 11.6. The van der Waals surface area contributed by atoms with Crippen molar-refractivity contribution in [2.45, 2.75) is 20.8 Å². The zero-order valence-electron chi connectivity index (χ0n) is 11.6. The van der Waals surface area contributed by atoms with Crippen molar-refractivity contribution in [1.29, 1.82) is 0 Å². The number of aryl methyl sites for hydroxylation is 3. The molecule has 0 saturated carbocycles. The van der Waals surface area contributed by atoms with E-state index in [9.17, 15) is 0 Å². The molecular weight excluding hydrogens is 232 g/mol. The largest absolute Gasteiger partial charge is 0.258 e. The number of nitrogens with zero attached hydrogens (tertiary/aromatic N) is 2. The molecule has 0 radical (unpaired) electrons. The molecular formula is C17H18N2. The Morgan fingerprint density at radius 2 is 1.42 bits per heavy atom. The maximum Gasteiger partial charge on any atom is 0.0701 e. The van der Waals surface area contributed by atoms with E-state index in [0.717, 1.165) is 16.9 Å². The van der Waals surface area contributed by atoms with Crippen LogP contribution >= 0.6 is 0 Å². The van der Waals surface area contributed by atoms with Crippen molar-refractivity contribution < 1.29 is 0 Å². The normalized spacial score (nSPS) is 9.84. The summed E-state index contributed by atoms with van der Waals surface area (Å²) in [5.74, 6) is 0. The van der Waals surface area contributed by atoms with Crippen LogP contribution in [0.3, 0.4) is 0 Å². The SMILES string of the molecule is Cc1cc(C)nc(C)c1.c1ccc2ncccc2c1. The van der Waals surface area contributed by atoms with Crippen molar-refractivity contribution in [2.75, 3.05) is 0 Å². The summed E-state index contributed by atoms with van der Waals surface area (Å²) in [4.78, 5) is 8.42. The molecule has 2 nitrogen and oxygen atoms in total. The highest BCUT2D eigenvalue weighted by atomic mass is 14.7. The van der Waals surface area contributed by atoms with Gasteiger partial charge in [0.1, 0.15) is 0 Å². The highest BCUT2D eigenvalue weighted by Gasteiger charge is 1.89. The van der Waals surface area contributed by atoms with Gasteiger partial charge in [-0.15, -0.1) is 0 Å². The first-order valence-electron chi connectivity index (χ1n) is 6.37. The fourth-order valence-electron chi connectivity index (χ4n) is 2.06. The molecule has 3 rings (SSSR count). The van der Waals surface area contributed by atoms with Gasteiger partial charge in [-0.1, -0.05) is 24.3 Å².